The molecule has 0 aliphatic rings. The van der Waals surface area contributed by atoms with Gasteiger partial charge in [-0.15, -0.1) is 0 Å². The lowest BCUT2D eigenvalue weighted by atomic mass is 9.91. The summed E-state index contributed by atoms with van der Waals surface area (Å²) in [7, 11) is 0. The molecular formula is C44H82O4. The summed E-state index contributed by atoms with van der Waals surface area (Å²) in [6, 6.07) is 0. The summed E-state index contributed by atoms with van der Waals surface area (Å²) in [5.41, 5.74) is 2.53. The minimum atomic E-state index is -0.343. The van der Waals surface area contributed by atoms with Crippen LogP contribution in [-0.2, 0) is 19.1 Å². The van der Waals surface area contributed by atoms with Gasteiger partial charge in [0.25, 0.3) is 0 Å². The van der Waals surface area contributed by atoms with Gasteiger partial charge in [-0.3, -0.25) is 9.59 Å². The lowest BCUT2D eigenvalue weighted by Crippen LogP contribution is -2.10. The van der Waals surface area contributed by atoms with E-state index in [0.717, 1.165) is 48.3 Å². The fourth-order valence-electron chi connectivity index (χ4n) is 6.52. The quantitative estimate of drug-likeness (QED) is 0.0542. The van der Waals surface area contributed by atoms with Crippen molar-refractivity contribution in [2.75, 3.05) is 13.2 Å². The van der Waals surface area contributed by atoms with Gasteiger partial charge in [0.2, 0.25) is 0 Å². The van der Waals surface area contributed by atoms with Gasteiger partial charge >= 0.3 is 11.9 Å². The number of carbonyl (C=O) groups is 2. The third kappa shape index (κ3) is 31.7. The maximum absolute atomic E-state index is 12.1. The SMILES string of the molecule is CC(=CCOC(=O)CCC(=O)OCC=C(C)CCCC(C)CCCC(C)CCCC(C)C)CCCC(C)CCCC(C)CCCC(C)C. The molecule has 282 valence electrons. The second-order valence-corrected chi connectivity index (χ2v) is 16.7. The molecule has 0 aromatic heterocycles. The normalized spacial score (nSPS) is 15.1. The Bertz CT molecular complexity index is 784. The summed E-state index contributed by atoms with van der Waals surface area (Å²) in [5.74, 6) is 4.21. The summed E-state index contributed by atoms with van der Waals surface area (Å²) in [6.07, 6.45) is 27.4. The lowest BCUT2D eigenvalue weighted by molar-refractivity contribution is -0.149. The Kier molecular flexibility index (Phi) is 29.3. The molecule has 4 atom stereocenters. The van der Waals surface area contributed by atoms with Gasteiger partial charge in [-0.1, -0.05) is 156 Å². The number of carbonyl (C=O) groups excluding carboxylic acids is 2. The Balaban J connectivity index is 3.89. The molecule has 0 amide bonds. The molecule has 0 aromatic rings. The van der Waals surface area contributed by atoms with E-state index in [0.29, 0.717) is 0 Å². The first-order chi connectivity index (χ1) is 22.8. The average molecular weight is 675 g/mol. The van der Waals surface area contributed by atoms with E-state index in [4.69, 9.17) is 9.47 Å². The van der Waals surface area contributed by atoms with Crippen LogP contribution < -0.4 is 0 Å². The first-order valence-corrected chi connectivity index (χ1v) is 20.4. The molecule has 0 spiro atoms. The van der Waals surface area contributed by atoms with Crippen LogP contribution in [-0.4, -0.2) is 25.2 Å². The van der Waals surface area contributed by atoms with E-state index in [9.17, 15) is 9.59 Å². The van der Waals surface area contributed by atoms with Gasteiger partial charge in [0, 0.05) is 0 Å². The smallest absolute Gasteiger partial charge is 0.306 e. The zero-order valence-electron chi connectivity index (χ0n) is 33.8. The molecule has 0 radical (unpaired) electrons. The Labute approximate surface area is 300 Å². The second-order valence-electron chi connectivity index (χ2n) is 16.7. The van der Waals surface area contributed by atoms with Crippen LogP contribution in [0.15, 0.2) is 23.3 Å². The van der Waals surface area contributed by atoms with Crippen molar-refractivity contribution in [3.8, 4) is 0 Å². The summed E-state index contributed by atoms with van der Waals surface area (Å²) in [4.78, 5) is 24.2. The largest absolute Gasteiger partial charge is 0.461 e. The molecule has 0 heterocycles. The minimum Gasteiger partial charge on any atom is -0.461 e. The zero-order valence-corrected chi connectivity index (χ0v) is 33.8. The first-order valence-electron chi connectivity index (χ1n) is 20.4. The number of ether oxygens (including phenoxy) is 2. The Morgan fingerprint density at radius 3 is 0.979 bits per heavy atom. The van der Waals surface area contributed by atoms with Crippen LogP contribution in [0.25, 0.3) is 0 Å². The molecule has 4 nitrogen and oxygen atoms in total. The topological polar surface area (TPSA) is 52.6 Å². The second kappa shape index (κ2) is 30.3. The van der Waals surface area contributed by atoms with E-state index in [1.54, 1.807) is 0 Å². The fourth-order valence-corrected chi connectivity index (χ4v) is 6.52. The third-order valence-corrected chi connectivity index (χ3v) is 10.2. The summed E-state index contributed by atoms with van der Waals surface area (Å²) < 4.78 is 10.7. The van der Waals surface area contributed by atoms with Crippen LogP contribution in [0.2, 0.25) is 0 Å². The molecule has 4 unspecified atom stereocenters. The maximum Gasteiger partial charge on any atom is 0.306 e. The van der Waals surface area contributed by atoms with Crippen molar-refractivity contribution in [3.05, 3.63) is 23.3 Å². The minimum absolute atomic E-state index is 0.0664. The predicted octanol–water partition coefficient (Wildman–Crippen LogP) is 13.6. The highest BCUT2D eigenvalue weighted by Crippen LogP contribution is 2.23. The van der Waals surface area contributed by atoms with Crippen molar-refractivity contribution in [1.82, 2.24) is 0 Å². The first kappa shape index (κ1) is 46.4. The molecule has 4 heteroatoms. The molecule has 0 aliphatic carbocycles. The van der Waals surface area contributed by atoms with E-state index < -0.39 is 0 Å². The molecule has 0 fully saturated rings. The highest BCUT2D eigenvalue weighted by atomic mass is 16.5. The van der Waals surface area contributed by atoms with Gasteiger partial charge in [0.05, 0.1) is 12.8 Å². The average Bonchev–Trinajstić information content (AvgIpc) is 2.99. The van der Waals surface area contributed by atoms with Gasteiger partial charge < -0.3 is 9.47 Å². The van der Waals surface area contributed by atoms with Crippen molar-refractivity contribution in [1.29, 1.82) is 0 Å². The molecule has 0 aliphatic heterocycles. The molecule has 48 heavy (non-hydrogen) atoms. The number of rotatable bonds is 31. The summed E-state index contributed by atoms with van der Waals surface area (Å²) >= 11 is 0. The van der Waals surface area contributed by atoms with Crippen LogP contribution >= 0.6 is 0 Å². The van der Waals surface area contributed by atoms with Crippen LogP contribution in [0, 0.1) is 35.5 Å². The maximum atomic E-state index is 12.1. The van der Waals surface area contributed by atoms with Gasteiger partial charge in [0.15, 0.2) is 0 Å². The van der Waals surface area contributed by atoms with Crippen molar-refractivity contribution >= 4 is 11.9 Å². The number of hydrogen-bond acceptors (Lipinski definition) is 4. The molecule has 0 rings (SSSR count). The lowest BCUT2D eigenvalue weighted by Gasteiger charge is -2.15. The van der Waals surface area contributed by atoms with Crippen LogP contribution in [0.3, 0.4) is 0 Å². The zero-order chi connectivity index (χ0) is 36.2. The molecule has 0 saturated heterocycles. The third-order valence-electron chi connectivity index (χ3n) is 10.2. The number of allylic oxidation sites excluding steroid dienone is 2. The monoisotopic (exact) mass is 675 g/mol. The predicted molar refractivity (Wildman–Crippen MR) is 208 cm³/mol. The number of hydrogen-bond donors (Lipinski definition) is 0. The molecule has 0 saturated carbocycles. The van der Waals surface area contributed by atoms with Crippen molar-refractivity contribution < 1.29 is 19.1 Å². The van der Waals surface area contributed by atoms with Crippen molar-refractivity contribution in [2.24, 2.45) is 35.5 Å². The Morgan fingerprint density at radius 2 is 0.688 bits per heavy atom. The molecule has 0 N–H and O–H groups in total. The summed E-state index contributed by atoms with van der Waals surface area (Å²) in [6.45, 7) is 23.7. The van der Waals surface area contributed by atoms with Gasteiger partial charge in [-0.2, -0.15) is 0 Å². The van der Waals surface area contributed by atoms with E-state index in [2.05, 4.69) is 69.2 Å². The van der Waals surface area contributed by atoms with Crippen molar-refractivity contribution in [2.45, 2.75) is 198 Å². The van der Waals surface area contributed by atoms with Gasteiger partial charge in [0.1, 0.15) is 13.2 Å². The van der Waals surface area contributed by atoms with Crippen LogP contribution in [0.5, 0.6) is 0 Å². The molecular weight excluding hydrogens is 592 g/mol. The molecule has 0 bridgehead atoms. The standard InChI is InChI=1S/C44H82O4/c1-35(2)17-11-19-37(5)21-13-23-39(7)25-15-27-41(9)31-33-47-43(45)29-30-44(46)48-34-32-42(10)28-16-26-40(8)24-14-22-38(6)20-12-18-36(3)4/h31-32,35-40H,11-30,33-34H2,1-10H3. The van der Waals surface area contributed by atoms with E-state index in [-0.39, 0.29) is 38.0 Å². The van der Waals surface area contributed by atoms with Crippen LogP contribution in [0.4, 0.5) is 0 Å². The van der Waals surface area contributed by atoms with Gasteiger partial charge in [-0.05, 0) is 87.2 Å². The highest BCUT2D eigenvalue weighted by molar-refractivity contribution is 5.77. The Morgan fingerprint density at radius 1 is 0.417 bits per heavy atom. The fraction of sp³-hybridized carbons (Fsp3) is 0.864. The highest BCUT2D eigenvalue weighted by Gasteiger charge is 2.10. The van der Waals surface area contributed by atoms with Crippen molar-refractivity contribution in [3.63, 3.8) is 0 Å². The number of esters is 2. The van der Waals surface area contributed by atoms with Crippen LogP contribution in [0.1, 0.15) is 198 Å². The van der Waals surface area contributed by atoms with Gasteiger partial charge in [-0.25, -0.2) is 0 Å². The molecule has 0 aromatic carbocycles. The van der Waals surface area contributed by atoms with E-state index in [1.807, 2.05) is 12.2 Å². The van der Waals surface area contributed by atoms with E-state index in [1.165, 1.54) is 114 Å². The Hall–Kier alpha value is -1.58. The van der Waals surface area contributed by atoms with E-state index >= 15 is 0 Å². The summed E-state index contributed by atoms with van der Waals surface area (Å²) in [5, 5.41) is 0.